The van der Waals surface area contributed by atoms with Crippen LogP contribution in [0, 0.1) is 13.8 Å². The fourth-order valence-electron chi connectivity index (χ4n) is 2.37. The summed E-state index contributed by atoms with van der Waals surface area (Å²) in [5.74, 6) is -0.141. The van der Waals surface area contributed by atoms with Gasteiger partial charge in [0.1, 0.15) is 0 Å². The maximum Gasteiger partial charge on any atom is 0.255 e. The van der Waals surface area contributed by atoms with Crippen LogP contribution in [-0.4, -0.2) is 10.9 Å². The molecule has 3 aromatic rings. The number of carbonyl (C=O) groups excluding carboxylic acids is 1. The number of hydrogen-bond acceptors (Lipinski definition) is 1. The number of aromatic nitrogens is 1. The van der Waals surface area contributed by atoms with Gasteiger partial charge < -0.3 is 10.3 Å². The highest BCUT2D eigenvalue weighted by Crippen LogP contribution is 2.23. The van der Waals surface area contributed by atoms with E-state index >= 15 is 0 Å². The van der Waals surface area contributed by atoms with E-state index in [0.29, 0.717) is 16.3 Å². The first-order chi connectivity index (χ1) is 10.0. The number of rotatable bonds is 2. The smallest absolute Gasteiger partial charge is 0.255 e. The lowest BCUT2D eigenvalue weighted by Crippen LogP contribution is -2.11. The minimum absolute atomic E-state index is 0.141. The van der Waals surface area contributed by atoms with E-state index in [1.807, 2.05) is 38.1 Å². The zero-order valence-electron chi connectivity index (χ0n) is 11.8. The molecule has 0 radical (unpaired) electrons. The lowest BCUT2D eigenvalue weighted by Gasteiger charge is -2.06. The molecular formula is C17H15ClN2O. The molecular weight excluding hydrogens is 284 g/mol. The molecule has 0 unspecified atom stereocenters. The summed E-state index contributed by atoms with van der Waals surface area (Å²) in [5, 5.41) is 4.53. The number of benzene rings is 2. The van der Waals surface area contributed by atoms with Crippen LogP contribution in [0.15, 0.2) is 42.5 Å². The Bertz CT molecular complexity index is 836. The lowest BCUT2D eigenvalue weighted by atomic mass is 10.1. The Morgan fingerprint density at radius 1 is 1.14 bits per heavy atom. The second-order valence-electron chi connectivity index (χ2n) is 5.10. The van der Waals surface area contributed by atoms with Crippen molar-refractivity contribution in [3.05, 3.63) is 64.3 Å². The van der Waals surface area contributed by atoms with Crippen LogP contribution in [0.1, 0.15) is 21.6 Å². The number of halogens is 1. The SMILES string of the molecule is Cc1[nH]c2ccc(C(=O)Nc3cccc(Cl)c3)cc2c1C. The predicted molar refractivity (Wildman–Crippen MR) is 87.2 cm³/mol. The summed E-state index contributed by atoms with van der Waals surface area (Å²) in [4.78, 5) is 15.6. The van der Waals surface area contributed by atoms with Crippen LogP contribution in [0.2, 0.25) is 5.02 Å². The van der Waals surface area contributed by atoms with E-state index < -0.39 is 0 Å². The average molecular weight is 299 g/mol. The first kappa shape index (κ1) is 13.7. The van der Waals surface area contributed by atoms with Crippen LogP contribution in [0.25, 0.3) is 10.9 Å². The van der Waals surface area contributed by atoms with Crippen molar-refractivity contribution < 1.29 is 4.79 Å². The first-order valence-corrected chi connectivity index (χ1v) is 7.08. The molecule has 2 N–H and O–H groups in total. The van der Waals surface area contributed by atoms with Crippen molar-refractivity contribution in [2.24, 2.45) is 0 Å². The van der Waals surface area contributed by atoms with E-state index in [4.69, 9.17) is 11.6 Å². The van der Waals surface area contributed by atoms with Gasteiger partial charge in [-0.25, -0.2) is 0 Å². The van der Waals surface area contributed by atoms with Gasteiger partial charge in [-0.3, -0.25) is 4.79 Å². The lowest BCUT2D eigenvalue weighted by molar-refractivity contribution is 0.102. The summed E-state index contributed by atoms with van der Waals surface area (Å²) in [5.41, 5.74) is 4.66. The van der Waals surface area contributed by atoms with Gasteiger partial charge in [0.2, 0.25) is 0 Å². The normalized spacial score (nSPS) is 10.8. The van der Waals surface area contributed by atoms with Crippen molar-refractivity contribution >= 4 is 34.1 Å². The number of aromatic amines is 1. The van der Waals surface area contributed by atoms with E-state index in [9.17, 15) is 4.79 Å². The summed E-state index contributed by atoms with van der Waals surface area (Å²) < 4.78 is 0. The van der Waals surface area contributed by atoms with E-state index in [0.717, 1.165) is 16.6 Å². The second kappa shape index (κ2) is 5.26. The van der Waals surface area contributed by atoms with Crippen molar-refractivity contribution in [1.82, 2.24) is 4.98 Å². The highest BCUT2D eigenvalue weighted by atomic mass is 35.5. The van der Waals surface area contributed by atoms with Gasteiger partial charge in [-0.05, 0) is 55.8 Å². The second-order valence-corrected chi connectivity index (χ2v) is 5.54. The number of fused-ring (bicyclic) bond motifs is 1. The first-order valence-electron chi connectivity index (χ1n) is 6.70. The summed E-state index contributed by atoms with van der Waals surface area (Å²) in [6.07, 6.45) is 0. The van der Waals surface area contributed by atoms with E-state index in [2.05, 4.69) is 10.3 Å². The van der Waals surface area contributed by atoms with Gasteiger partial charge in [-0.2, -0.15) is 0 Å². The van der Waals surface area contributed by atoms with Gasteiger partial charge in [0.15, 0.2) is 0 Å². The number of aryl methyl sites for hydroxylation is 2. The molecule has 0 aliphatic carbocycles. The third-order valence-corrected chi connectivity index (χ3v) is 3.89. The minimum atomic E-state index is -0.141. The van der Waals surface area contributed by atoms with Crippen molar-refractivity contribution in [2.75, 3.05) is 5.32 Å². The molecule has 4 heteroatoms. The topological polar surface area (TPSA) is 44.9 Å². The molecule has 0 spiro atoms. The molecule has 0 fully saturated rings. The van der Waals surface area contributed by atoms with Crippen LogP contribution in [0.4, 0.5) is 5.69 Å². The Morgan fingerprint density at radius 2 is 1.95 bits per heavy atom. The molecule has 0 bridgehead atoms. The van der Waals surface area contributed by atoms with E-state index in [-0.39, 0.29) is 5.91 Å². The Morgan fingerprint density at radius 3 is 2.71 bits per heavy atom. The molecule has 3 nitrogen and oxygen atoms in total. The quantitative estimate of drug-likeness (QED) is 0.708. The van der Waals surface area contributed by atoms with Gasteiger partial charge in [-0.15, -0.1) is 0 Å². The van der Waals surface area contributed by atoms with E-state index in [1.165, 1.54) is 5.56 Å². The molecule has 1 aromatic heterocycles. The van der Waals surface area contributed by atoms with Crippen LogP contribution < -0.4 is 5.32 Å². The van der Waals surface area contributed by atoms with Gasteiger partial charge >= 0.3 is 0 Å². The van der Waals surface area contributed by atoms with Crippen molar-refractivity contribution in [3.8, 4) is 0 Å². The highest BCUT2D eigenvalue weighted by Gasteiger charge is 2.10. The predicted octanol–water partition coefficient (Wildman–Crippen LogP) is 4.69. The van der Waals surface area contributed by atoms with Crippen molar-refractivity contribution in [1.29, 1.82) is 0 Å². The molecule has 106 valence electrons. The summed E-state index contributed by atoms with van der Waals surface area (Å²) in [6, 6.07) is 12.8. The van der Waals surface area contributed by atoms with Crippen LogP contribution in [0.5, 0.6) is 0 Å². The maximum absolute atomic E-state index is 12.3. The Balaban J connectivity index is 1.92. The number of anilines is 1. The molecule has 0 aliphatic heterocycles. The van der Waals surface area contributed by atoms with Crippen LogP contribution in [0.3, 0.4) is 0 Å². The summed E-state index contributed by atoms with van der Waals surface area (Å²) >= 11 is 5.92. The standard InChI is InChI=1S/C17H15ClN2O/c1-10-11(2)19-16-7-6-12(8-15(10)16)17(21)20-14-5-3-4-13(18)9-14/h3-9,19H,1-2H3,(H,20,21). The molecule has 0 aliphatic rings. The fourth-order valence-corrected chi connectivity index (χ4v) is 2.56. The Hall–Kier alpha value is -2.26. The van der Waals surface area contributed by atoms with Crippen LogP contribution >= 0.6 is 11.6 Å². The minimum Gasteiger partial charge on any atom is -0.358 e. The molecule has 0 saturated heterocycles. The van der Waals surface area contributed by atoms with Crippen molar-refractivity contribution in [3.63, 3.8) is 0 Å². The highest BCUT2D eigenvalue weighted by molar-refractivity contribution is 6.31. The summed E-state index contributed by atoms with van der Waals surface area (Å²) in [6.45, 7) is 4.08. The fraction of sp³-hybridized carbons (Fsp3) is 0.118. The largest absolute Gasteiger partial charge is 0.358 e. The molecule has 21 heavy (non-hydrogen) atoms. The summed E-state index contributed by atoms with van der Waals surface area (Å²) in [7, 11) is 0. The number of amides is 1. The molecule has 3 rings (SSSR count). The van der Waals surface area contributed by atoms with Gasteiger partial charge in [0.05, 0.1) is 0 Å². The molecule has 2 aromatic carbocycles. The number of hydrogen-bond donors (Lipinski definition) is 2. The Labute approximate surface area is 127 Å². The van der Waals surface area contributed by atoms with E-state index in [1.54, 1.807) is 18.2 Å². The number of H-pyrrole nitrogens is 1. The van der Waals surface area contributed by atoms with Gasteiger partial charge in [0, 0.05) is 32.9 Å². The zero-order valence-corrected chi connectivity index (χ0v) is 12.6. The Kier molecular flexibility index (Phi) is 3.43. The monoisotopic (exact) mass is 298 g/mol. The molecule has 1 amide bonds. The molecule has 1 heterocycles. The number of carbonyl (C=O) groups is 1. The van der Waals surface area contributed by atoms with Crippen LogP contribution in [-0.2, 0) is 0 Å². The molecule has 0 saturated carbocycles. The van der Waals surface area contributed by atoms with Gasteiger partial charge in [-0.1, -0.05) is 17.7 Å². The van der Waals surface area contributed by atoms with Crippen molar-refractivity contribution in [2.45, 2.75) is 13.8 Å². The third-order valence-electron chi connectivity index (χ3n) is 3.65. The number of nitrogens with one attached hydrogen (secondary N) is 2. The zero-order chi connectivity index (χ0) is 15.0. The molecule has 0 atom stereocenters. The van der Waals surface area contributed by atoms with Gasteiger partial charge in [0.25, 0.3) is 5.91 Å². The maximum atomic E-state index is 12.3. The average Bonchev–Trinajstić information content (AvgIpc) is 2.74. The third kappa shape index (κ3) is 2.65.